The smallest absolute Gasteiger partial charge is 0.193 e. The average molecular weight is 297 g/mol. The molecule has 0 aromatic heterocycles. The second kappa shape index (κ2) is 8.35. The number of carbonyl (C=O) groups is 1. The molecule has 0 aliphatic heterocycles. The van der Waals surface area contributed by atoms with Crippen LogP contribution in [0.5, 0.6) is 5.75 Å². The van der Waals surface area contributed by atoms with Crippen molar-refractivity contribution in [3.8, 4) is 5.75 Å². The van der Waals surface area contributed by atoms with E-state index in [4.69, 9.17) is 4.74 Å². The molecule has 0 spiro atoms. The number of hydrogen-bond acceptors (Lipinski definition) is 3. The molecule has 2 rings (SSSR count). The highest BCUT2D eigenvalue weighted by Crippen LogP contribution is 2.15. The molecule has 3 nitrogen and oxygen atoms in total. The summed E-state index contributed by atoms with van der Waals surface area (Å²) in [6.45, 7) is 7.93. The SMILES string of the molecule is CCN(CC)CCOc1ccc(C(=O)c2ccccc2)cc1. The maximum Gasteiger partial charge on any atom is 0.193 e. The van der Waals surface area contributed by atoms with Gasteiger partial charge in [0.1, 0.15) is 12.4 Å². The van der Waals surface area contributed by atoms with E-state index in [2.05, 4.69) is 18.7 Å². The molecule has 0 radical (unpaired) electrons. The van der Waals surface area contributed by atoms with E-state index in [1.165, 1.54) is 0 Å². The molecule has 0 bridgehead atoms. The first-order valence-electron chi connectivity index (χ1n) is 7.79. The van der Waals surface area contributed by atoms with Crippen LogP contribution in [-0.2, 0) is 0 Å². The van der Waals surface area contributed by atoms with Crippen molar-refractivity contribution in [2.75, 3.05) is 26.2 Å². The predicted octanol–water partition coefficient (Wildman–Crippen LogP) is 3.64. The lowest BCUT2D eigenvalue weighted by Gasteiger charge is -2.18. The third kappa shape index (κ3) is 4.43. The van der Waals surface area contributed by atoms with Crippen molar-refractivity contribution < 1.29 is 9.53 Å². The maximum absolute atomic E-state index is 12.3. The molecule has 3 heteroatoms. The molecule has 2 aromatic carbocycles. The number of hydrogen-bond donors (Lipinski definition) is 0. The summed E-state index contributed by atoms with van der Waals surface area (Å²) in [7, 11) is 0. The molecule has 0 aliphatic rings. The van der Waals surface area contributed by atoms with Crippen molar-refractivity contribution >= 4 is 5.78 Å². The van der Waals surface area contributed by atoms with Crippen LogP contribution in [0.4, 0.5) is 0 Å². The van der Waals surface area contributed by atoms with Crippen LogP contribution in [-0.4, -0.2) is 36.9 Å². The molecule has 0 atom stereocenters. The summed E-state index contributed by atoms with van der Waals surface area (Å²) < 4.78 is 5.73. The van der Waals surface area contributed by atoms with Gasteiger partial charge in [0.2, 0.25) is 0 Å². The summed E-state index contributed by atoms with van der Waals surface area (Å²) in [5.74, 6) is 0.840. The van der Waals surface area contributed by atoms with Gasteiger partial charge in [0.25, 0.3) is 0 Å². The summed E-state index contributed by atoms with van der Waals surface area (Å²) in [5, 5.41) is 0. The van der Waals surface area contributed by atoms with E-state index in [9.17, 15) is 4.79 Å². The van der Waals surface area contributed by atoms with E-state index in [1.54, 1.807) is 0 Å². The molecule has 22 heavy (non-hydrogen) atoms. The number of benzene rings is 2. The molecule has 0 saturated carbocycles. The topological polar surface area (TPSA) is 29.5 Å². The van der Waals surface area contributed by atoms with Crippen LogP contribution in [0, 0.1) is 0 Å². The van der Waals surface area contributed by atoms with Gasteiger partial charge >= 0.3 is 0 Å². The van der Waals surface area contributed by atoms with Crippen molar-refractivity contribution in [3.63, 3.8) is 0 Å². The molecule has 116 valence electrons. The first kappa shape index (κ1) is 16.2. The Hall–Kier alpha value is -2.13. The summed E-state index contributed by atoms with van der Waals surface area (Å²) >= 11 is 0. The Morgan fingerprint density at radius 3 is 2.09 bits per heavy atom. The van der Waals surface area contributed by atoms with Gasteiger partial charge in [-0.3, -0.25) is 4.79 Å². The van der Waals surface area contributed by atoms with Crippen LogP contribution in [0.15, 0.2) is 54.6 Å². The predicted molar refractivity (Wildman–Crippen MR) is 89.6 cm³/mol. The molecule has 0 saturated heterocycles. The fourth-order valence-electron chi connectivity index (χ4n) is 2.29. The van der Waals surface area contributed by atoms with Gasteiger partial charge in [0.05, 0.1) is 0 Å². The third-order valence-corrected chi connectivity index (χ3v) is 3.72. The fourth-order valence-corrected chi connectivity index (χ4v) is 2.29. The number of rotatable bonds is 8. The van der Waals surface area contributed by atoms with E-state index in [1.807, 2.05) is 54.6 Å². The summed E-state index contributed by atoms with van der Waals surface area (Å²) in [6, 6.07) is 16.7. The molecule has 0 amide bonds. The van der Waals surface area contributed by atoms with Crippen molar-refractivity contribution in [1.82, 2.24) is 4.90 Å². The number of ether oxygens (including phenoxy) is 1. The lowest BCUT2D eigenvalue weighted by Crippen LogP contribution is -2.27. The molecule has 0 fully saturated rings. The minimum absolute atomic E-state index is 0.0373. The Bertz CT molecular complexity index is 574. The fraction of sp³-hybridized carbons (Fsp3) is 0.316. The van der Waals surface area contributed by atoms with Crippen molar-refractivity contribution in [2.24, 2.45) is 0 Å². The zero-order valence-electron chi connectivity index (χ0n) is 13.3. The van der Waals surface area contributed by atoms with Crippen molar-refractivity contribution in [3.05, 3.63) is 65.7 Å². The largest absolute Gasteiger partial charge is 0.492 e. The number of carbonyl (C=O) groups excluding carboxylic acids is 1. The van der Waals surface area contributed by atoms with E-state index >= 15 is 0 Å². The van der Waals surface area contributed by atoms with Crippen LogP contribution < -0.4 is 4.74 Å². The van der Waals surface area contributed by atoms with Gasteiger partial charge in [-0.1, -0.05) is 44.2 Å². The zero-order valence-corrected chi connectivity index (χ0v) is 13.3. The molecule has 0 heterocycles. The highest BCUT2D eigenvalue weighted by atomic mass is 16.5. The third-order valence-electron chi connectivity index (χ3n) is 3.72. The van der Waals surface area contributed by atoms with Crippen LogP contribution in [0.3, 0.4) is 0 Å². The quantitative estimate of drug-likeness (QED) is 0.697. The van der Waals surface area contributed by atoms with E-state index in [-0.39, 0.29) is 5.78 Å². The van der Waals surface area contributed by atoms with Crippen molar-refractivity contribution in [2.45, 2.75) is 13.8 Å². The molecular formula is C19H23NO2. The minimum Gasteiger partial charge on any atom is -0.492 e. The van der Waals surface area contributed by atoms with Crippen LogP contribution in [0.1, 0.15) is 29.8 Å². The highest BCUT2D eigenvalue weighted by molar-refractivity contribution is 6.08. The lowest BCUT2D eigenvalue weighted by molar-refractivity contribution is 0.103. The lowest BCUT2D eigenvalue weighted by atomic mass is 10.0. The summed E-state index contributed by atoms with van der Waals surface area (Å²) in [5.41, 5.74) is 1.39. The number of nitrogens with zero attached hydrogens (tertiary/aromatic N) is 1. The molecular weight excluding hydrogens is 274 g/mol. The van der Waals surface area contributed by atoms with E-state index < -0.39 is 0 Å². The highest BCUT2D eigenvalue weighted by Gasteiger charge is 2.08. The summed E-state index contributed by atoms with van der Waals surface area (Å²) in [4.78, 5) is 14.6. The number of ketones is 1. The summed E-state index contributed by atoms with van der Waals surface area (Å²) in [6.07, 6.45) is 0. The van der Waals surface area contributed by atoms with Gasteiger partial charge in [0, 0.05) is 17.7 Å². The van der Waals surface area contributed by atoms with Gasteiger partial charge in [0.15, 0.2) is 5.78 Å². The number of likely N-dealkylation sites (N-methyl/N-ethyl adjacent to an activating group) is 1. The maximum atomic E-state index is 12.3. The van der Waals surface area contributed by atoms with E-state index in [0.717, 1.165) is 25.4 Å². The second-order valence-corrected chi connectivity index (χ2v) is 5.09. The Kier molecular flexibility index (Phi) is 6.16. The standard InChI is InChI=1S/C19H23NO2/c1-3-20(4-2)14-15-22-18-12-10-17(11-13-18)19(21)16-8-6-5-7-9-16/h5-13H,3-4,14-15H2,1-2H3. The Balaban J connectivity index is 1.92. The van der Waals surface area contributed by atoms with Crippen LogP contribution >= 0.6 is 0 Å². The van der Waals surface area contributed by atoms with Gasteiger partial charge in [-0.25, -0.2) is 0 Å². The van der Waals surface area contributed by atoms with Crippen LogP contribution in [0.2, 0.25) is 0 Å². The minimum atomic E-state index is 0.0373. The van der Waals surface area contributed by atoms with Crippen LogP contribution in [0.25, 0.3) is 0 Å². The molecule has 0 N–H and O–H groups in total. The molecule has 2 aromatic rings. The van der Waals surface area contributed by atoms with Gasteiger partial charge in [-0.15, -0.1) is 0 Å². The first-order valence-corrected chi connectivity index (χ1v) is 7.79. The molecule has 0 aliphatic carbocycles. The zero-order chi connectivity index (χ0) is 15.8. The van der Waals surface area contributed by atoms with Gasteiger partial charge in [-0.2, -0.15) is 0 Å². The van der Waals surface area contributed by atoms with Crippen molar-refractivity contribution in [1.29, 1.82) is 0 Å². The second-order valence-electron chi connectivity index (χ2n) is 5.09. The Morgan fingerprint density at radius 2 is 1.50 bits per heavy atom. The first-order chi connectivity index (χ1) is 10.7. The molecule has 0 unspecified atom stereocenters. The van der Waals surface area contributed by atoms with E-state index in [0.29, 0.717) is 17.7 Å². The van der Waals surface area contributed by atoms with Gasteiger partial charge in [-0.05, 0) is 37.4 Å². The Morgan fingerprint density at radius 1 is 0.909 bits per heavy atom. The Labute approximate surface area is 132 Å². The van der Waals surface area contributed by atoms with Gasteiger partial charge < -0.3 is 9.64 Å². The normalized spacial score (nSPS) is 10.7. The monoisotopic (exact) mass is 297 g/mol. The average Bonchev–Trinajstić information content (AvgIpc) is 2.59.